The fourth-order valence-corrected chi connectivity index (χ4v) is 3.40. The van der Waals surface area contributed by atoms with E-state index in [-0.39, 0.29) is 0 Å². The Morgan fingerprint density at radius 3 is 2.65 bits per heavy atom. The van der Waals surface area contributed by atoms with E-state index < -0.39 is 0 Å². The van der Waals surface area contributed by atoms with Crippen molar-refractivity contribution in [2.24, 2.45) is 11.7 Å². The lowest BCUT2D eigenvalue weighted by Gasteiger charge is -2.20. The second-order valence-electron chi connectivity index (χ2n) is 6.47. The van der Waals surface area contributed by atoms with Crippen molar-refractivity contribution in [1.29, 1.82) is 0 Å². The predicted molar refractivity (Wildman–Crippen MR) is 81.7 cm³/mol. The van der Waals surface area contributed by atoms with Crippen LogP contribution in [0.15, 0.2) is 24.3 Å². The van der Waals surface area contributed by atoms with Crippen LogP contribution in [0.2, 0.25) is 0 Å². The molecule has 1 aromatic rings. The summed E-state index contributed by atoms with van der Waals surface area (Å²) in [6.07, 6.45) is 5.47. The molecule has 3 nitrogen and oxygen atoms in total. The van der Waals surface area contributed by atoms with Crippen LogP contribution in [0.4, 0.5) is 0 Å². The highest BCUT2D eigenvalue weighted by molar-refractivity contribution is 5.33. The number of hydrogen-bond acceptors (Lipinski definition) is 3. The summed E-state index contributed by atoms with van der Waals surface area (Å²) in [6, 6.07) is 8.81. The Morgan fingerprint density at radius 2 is 1.95 bits per heavy atom. The van der Waals surface area contributed by atoms with Gasteiger partial charge in [0.15, 0.2) is 0 Å². The van der Waals surface area contributed by atoms with Crippen molar-refractivity contribution >= 4 is 0 Å². The summed E-state index contributed by atoms with van der Waals surface area (Å²) in [7, 11) is 0. The topological polar surface area (TPSA) is 38.5 Å². The Morgan fingerprint density at radius 1 is 1.20 bits per heavy atom. The van der Waals surface area contributed by atoms with Crippen LogP contribution in [-0.4, -0.2) is 30.1 Å². The SMILES string of the molecule is CC1CN(Cc2ccccc2OC2CCCC2)CC1N. The minimum atomic E-state index is 0.318. The summed E-state index contributed by atoms with van der Waals surface area (Å²) >= 11 is 0. The maximum Gasteiger partial charge on any atom is 0.124 e. The molecule has 0 radical (unpaired) electrons. The lowest BCUT2D eigenvalue weighted by atomic mass is 10.1. The average molecular weight is 274 g/mol. The first-order chi connectivity index (χ1) is 9.72. The molecule has 2 N–H and O–H groups in total. The van der Waals surface area contributed by atoms with E-state index in [0.29, 0.717) is 18.1 Å². The van der Waals surface area contributed by atoms with Crippen molar-refractivity contribution in [3.63, 3.8) is 0 Å². The molecule has 3 heteroatoms. The van der Waals surface area contributed by atoms with Gasteiger partial charge in [0.1, 0.15) is 5.75 Å². The van der Waals surface area contributed by atoms with Crippen LogP contribution in [0.1, 0.15) is 38.2 Å². The maximum absolute atomic E-state index is 6.21. The predicted octanol–water partition coefficient (Wildman–Crippen LogP) is 2.79. The zero-order valence-corrected chi connectivity index (χ0v) is 12.4. The number of likely N-dealkylation sites (tertiary alicyclic amines) is 1. The second kappa shape index (κ2) is 6.15. The summed E-state index contributed by atoms with van der Waals surface area (Å²) in [5, 5.41) is 0. The minimum Gasteiger partial charge on any atom is -0.490 e. The van der Waals surface area contributed by atoms with Crippen LogP contribution in [0, 0.1) is 5.92 Å². The monoisotopic (exact) mass is 274 g/mol. The fourth-order valence-electron chi connectivity index (χ4n) is 3.40. The van der Waals surface area contributed by atoms with Crippen LogP contribution in [-0.2, 0) is 6.54 Å². The molecule has 0 spiro atoms. The number of nitrogens with zero attached hydrogens (tertiary/aromatic N) is 1. The van der Waals surface area contributed by atoms with Gasteiger partial charge in [-0.15, -0.1) is 0 Å². The van der Waals surface area contributed by atoms with Crippen molar-refractivity contribution in [2.45, 2.75) is 51.3 Å². The Labute approximate surface area is 122 Å². The van der Waals surface area contributed by atoms with Gasteiger partial charge in [-0.2, -0.15) is 0 Å². The van der Waals surface area contributed by atoms with Gasteiger partial charge >= 0.3 is 0 Å². The van der Waals surface area contributed by atoms with E-state index in [2.05, 4.69) is 36.1 Å². The molecule has 1 saturated carbocycles. The highest BCUT2D eigenvalue weighted by atomic mass is 16.5. The number of benzene rings is 1. The van der Waals surface area contributed by atoms with Gasteiger partial charge < -0.3 is 10.5 Å². The Bertz CT molecular complexity index is 432. The molecule has 20 heavy (non-hydrogen) atoms. The van der Waals surface area contributed by atoms with E-state index in [9.17, 15) is 0 Å². The minimum absolute atomic E-state index is 0.318. The molecule has 1 saturated heterocycles. The molecule has 1 aliphatic heterocycles. The van der Waals surface area contributed by atoms with Gasteiger partial charge in [0, 0.05) is 31.2 Å². The van der Waals surface area contributed by atoms with Crippen molar-refractivity contribution in [3.05, 3.63) is 29.8 Å². The van der Waals surface area contributed by atoms with Gasteiger partial charge in [0.25, 0.3) is 0 Å². The van der Waals surface area contributed by atoms with Gasteiger partial charge in [-0.05, 0) is 37.7 Å². The summed E-state index contributed by atoms with van der Waals surface area (Å²) in [5.41, 5.74) is 7.43. The van der Waals surface area contributed by atoms with Crippen LogP contribution >= 0.6 is 0 Å². The van der Waals surface area contributed by atoms with E-state index >= 15 is 0 Å². The zero-order valence-electron chi connectivity index (χ0n) is 12.4. The molecular formula is C17H26N2O. The van der Waals surface area contributed by atoms with Gasteiger partial charge in [-0.25, -0.2) is 0 Å². The molecule has 2 atom stereocenters. The van der Waals surface area contributed by atoms with Gasteiger partial charge in [-0.1, -0.05) is 25.1 Å². The lowest BCUT2D eigenvalue weighted by molar-refractivity contribution is 0.204. The first-order valence-corrected chi connectivity index (χ1v) is 7.95. The van der Waals surface area contributed by atoms with Crippen LogP contribution < -0.4 is 10.5 Å². The van der Waals surface area contributed by atoms with E-state index in [1.54, 1.807) is 0 Å². The highest BCUT2D eigenvalue weighted by Crippen LogP contribution is 2.28. The maximum atomic E-state index is 6.21. The lowest BCUT2D eigenvalue weighted by Crippen LogP contribution is -2.28. The quantitative estimate of drug-likeness (QED) is 0.917. The Kier molecular flexibility index (Phi) is 4.27. The number of ether oxygens (including phenoxy) is 1. The molecule has 2 aliphatic rings. The summed E-state index contributed by atoms with van der Waals surface area (Å²) in [5.74, 6) is 1.67. The normalized spacial score (nSPS) is 28.1. The first kappa shape index (κ1) is 13.9. The molecule has 1 aliphatic carbocycles. The van der Waals surface area contributed by atoms with E-state index in [1.807, 2.05) is 0 Å². The third-order valence-electron chi connectivity index (χ3n) is 4.71. The van der Waals surface area contributed by atoms with Crippen LogP contribution in [0.25, 0.3) is 0 Å². The number of hydrogen-bond donors (Lipinski definition) is 1. The molecule has 3 rings (SSSR count). The number of para-hydroxylation sites is 1. The van der Waals surface area contributed by atoms with Crippen LogP contribution in [0.3, 0.4) is 0 Å². The van der Waals surface area contributed by atoms with Crippen molar-refractivity contribution in [3.8, 4) is 5.75 Å². The van der Waals surface area contributed by atoms with Crippen molar-refractivity contribution in [2.75, 3.05) is 13.1 Å². The second-order valence-corrected chi connectivity index (χ2v) is 6.47. The summed E-state index contributed by atoms with van der Waals surface area (Å²) < 4.78 is 6.21. The zero-order chi connectivity index (χ0) is 13.9. The smallest absolute Gasteiger partial charge is 0.124 e. The molecular weight excluding hydrogens is 248 g/mol. The van der Waals surface area contributed by atoms with Crippen LogP contribution in [0.5, 0.6) is 5.75 Å². The van der Waals surface area contributed by atoms with E-state index in [1.165, 1.54) is 31.2 Å². The van der Waals surface area contributed by atoms with E-state index in [0.717, 1.165) is 25.4 Å². The fraction of sp³-hybridized carbons (Fsp3) is 0.647. The molecule has 110 valence electrons. The van der Waals surface area contributed by atoms with E-state index in [4.69, 9.17) is 10.5 Å². The van der Waals surface area contributed by atoms with Gasteiger partial charge in [0.05, 0.1) is 6.10 Å². The van der Waals surface area contributed by atoms with Crippen molar-refractivity contribution < 1.29 is 4.74 Å². The molecule has 1 heterocycles. The first-order valence-electron chi connectivity index (χ1n) is 7.95. The molecule has 1 aromatic carbocycles. The summed E-state index contributed by atoms with van der Waals surface area (Å²) in [6.45, 7) is 5.30. The summed E-state index contributed by atoms with van der Waals surface area (Å²) in [4.78, 5) is 2.45. The third kappa shape index (κ3) is 3.15. The number of rotatable bonds is 4. The Hall–Kier alpha value is -1.06. The Balaban J connectivity index is 1.66. The molecule has 0 amide bonds. The molecule has 2 unspecified atom stereocenters. The third-order valence-corrected chi connectivity index (χ3v) is 4.71. The standard InChI is InChI=1S/C17H26N2O/c1-13-10-19(12-16(13)18)11-14-6-2-5-9-17(14)20-15-7-3-4-8-15/h2,5-6,9,13,15-16H,3-4,7-8,10-12,18H2,1H3. The van der Waals surface area contributed by atoms with Crippen molar-refractivity contribution in [1.82, 2.24) is 4.90 Å². The van der Waals surface area contributed by atoms with Gasteiger partial charge in [0.2, 0.25) is 0 Å². The molecule has 0 aromatic heterocycles. The average Bonchev–Trinajstić information content (AvgIpc) is 3.03. The number of nitrogens with two attached hydrogens (primary N) is 1. The largest absolute Gasteiger partial charge is 0.490 e. The molecule has 2 fully saturated rings. The molecule has 0 bridgehead atoms. The highest BCUT2D eigenvalue weighted by Gasteiger charge is 2.27. The van der Waals surface area contributed by atoms with Gasteiger partial charge in [-0.3, -0.25) is 4.90 Å².